The molecule has 0 saturated heterocycles. The molecule has 1 aromatic carbocycles. The van der Waals surface area contributed by atoms with E-state index >= 15 is 0 Å². The van der Waals surface area contributed by atoms with Crippen LogP contribution in [0, 0.1) is 0 Å². The first-order chi connectivity index (χ1) is 9.77. The highest BCUT2D eigenvalue weighted by Gasteiger charge is 2.32. The molecule has 1 N–H and O–H groups in total. The summed E-state index contributed by atoms with van der Waals surface area (Å²) in [6.07, 6.45) is 7.42. The molecule has 0 bridgehead atoms. The molecule has 0 saturated carbocycles. The molecule has 3 nitrogen and oxygen atoms in total. The summed E-state index contributed by atoms with van der Waals surface area (Å²) in [6, 6.07) is 9.44. The Bertz CT molecular complexity index is 611. The minimum absolute atomic E-state index is 0.248. The molecule has 102 valence electrons. The zero-order valence-electron chi connectivity index (χ0n) is 11.3. The molecule has 3 rings (SSSR count). The Hall–Kier alpha value is -2.16. The maximum atomic E-state index is 12.1. The maximum absolute atomic E-state index is 12.1. The first kappa shape index (κ1) is 12.9. The quantitative estimate of drug-likeness (QED) is 0.837. The molecule has 0 radical (unpaired) electrons. The third-order valence-electron chi connectivity index (χ3n) is 3.86. The smallest absolute Gasteiger partial charge is 0.259 e. The van der Waals surface area contributed by atoms with E-state index in [0.29, 0.717) is 11.1 Å². The molecule has 1 aromatic rings. The molecule has 1 aliphatic heterocycles. The van der Waals surface area contributed by atoms with E-state index < -0.39 is 0 Å². The molecule has 0 spiro atoms. The molecule has 2 amide bonds. The molecule has 3 heteroatoms. The van der Waals surface area contributed by atoms with E-state index in [1.54, 1.807) is 0 Å². The monoisotopic (exact) mass is 267 g/mol. The van der Waals surface area contributed by atoms with Crippen LogP contribution in [-0.4, -0.2) is 11.8 Å². The third kappa shape index (κ3) is 2.31. The number of rotatable bonds is 2. The zero-order chi connectivity index (χ0) is 13.9. The second-order valence-electron chi connectivity index (χ2n) is 5.23. The second kappa shape index (κ2) is 5.45. The van der Waals surface area contributed by atoms with E-state index in [4.69, 9.17) is 0 Å². The minimum Gasteiger partial charge on any atom is -0.288 e. The van der Waals surface area contributed by atoms with Gasteiger partial charge in [-0.15, -0.1) is 0 Å². The first-order valence-corrected chi connectivity index (χ1v) is 7.12. The molecule has 2 aliphatic rings. The Morgan fingerprint density at radius 2 is 1.60 bits per heavy atom. The largest absolute Gasteiger partial charge is 0.288 e. The number of imide groups is 1. The van der Waals surface area contributed by atoms with E-state index in [-0.39, 0.29) is 11.8 Å². The van der Waals surface area contributed by atoms with Crippen LogP contribution in [0.5, 0.6) is 0 Å². The Kier molecular flexibility index (Phi) is 3.50. The van der Waals surface area contributed by atoms with Crippen molar-refractivity contribution in [3.05, 3.63) is 53.1 Å². The van der Waals surface area contributed by atoms with Gasteiger partial charge in [0.15, 0.2) is 0 Å². The van der Waals surface area contributed by atoms with Crippen molar-refractivity contribution in [1.29, 1.82) is 0 Å². The van der Waals surface area contributed by atoms with E-state index in [1.165, 1.54) is 6.42 Å². The molecule has 0 unspecified atom stereocenters. The van der Waals surface area contributed by atoms with Gasteiger partial charge >= 0.3 is 0 Å². The van der Waals surface area contributed by atoms with Gasteiger partial charge in [-0.05, 0) is 36.8 Å². The summed E-state index contributed by atoms with van der Waals surface area (Å²) in [4.78, 5) is 24.3. The summed E-state index contributed by atoms with van der Waals surface area (Å²) in [7, 11) is 0. The van der Waals surface area contributed by atoms with Gasteiger partial charge in [-0.2, -0.15) is 0 Å². The Morgan fingerprint density at radius 3 is 2.40 bits per heavy atom. The predicted octanol–water partition coefficient (Wildman–Crippen LogP) is 2.99. The lowest BCUT2D eigenvalue weighted by atomic mass is 9.94. The summed E-state index contributed by atoms with van der Waals surface area (Å²) in [5, 5.41) is 2.44. The molecule has 1 aliphatic carbocycles. The van der Waals surface area contributed by atoms with Gasteiger partial charge in [-0.25, -0.2) is 0 Å². The lowest BCUT2D eigenvalue weighted by molar-refractivity contribution is -0.123. The van der Waals surface area contributed by atoms with Crippen LogP contribution in [-0.2, 0) is 9.59 Å². The topological polar surface area (TPSA) is 46.2 Å². The van der Waals surface area contributed by atoms with Gasteiger partial charge in [0.25, 0.3) is 11.8 Å². The number of nitrogens with one attached hydrogen (secondary N) is 1. The van der Waals surface area contributed by atoms with Crippen molar-refractivity contribution in [2.45, 2.75) is 32.1 Å². The van der Waals surface area contributed by atoms with Gasteiger partial charge in [-0.3, -0.25) is 14.9 Å². The molecular weight excluding hydrogens is 250 g/mol. The summed E-state index contributed by atoms with van der Waals surface area (Å²) >= 11 is 0. The van der Waals surface area contributed by atoms with Crippen LogP contribution in [0.15, 0.2) is 47.6 Å². The Labute approximate surface area is 118 Å². The SMILES string of the molecule is O=C1NC(=O)C(c2ccccc2)=C1C1=CCCCCC1. The van der Waals surface area contributed by atoms with Crippen molar-refractivity contribution in [2.75, 3.05) is 0 Å². The lowest BCUT2D eigenvalue weighted by Gasteiger charge is -2.07. The van der Waals surface area contributed by atoms with E-state index in [2.05, 4.69) is 11.4 Å². The number of carbonyl (C=O) groups excluding carboxylic acids is 2. The molecule has 0 atom stereocenters. The fraction of sp³-hybridized carbons (Fsp3) is 0.294. The molecule has 20 heavy (non-hydrogen) atoms. The van der Waals surface area contributed by atoms with E-state index in [9.17, 15) is 9.59 Å². The fourth-order valence-corrected chi connectivity index (χ4v) is 2.88. The standard InChI is InChI=1S/C17H17NO2/c19-16-14(12-8-4-1-2-5-9-12)15(17(20)18-16)13-10-6-3-7-11-13/h3,6-8,10-11H,1-2,4-5,9H2,(H,18,19,20). The molecular formula is C17H17NO2. The molecule has 0 aromatic heterocycles. The van der Waals surface area contributed by atoms with Crippen LogP contribution in [0.1, 0.15) is 37.7 Å². The van der Waals surface area contributed by atoms with Crippen molar-refractivity contribution in [2.24, 2.45) is 0 Å². The number of benzene rings is 1. The zero-order valence-corrected chi connectivity index (χ0v) is 11.3. The van der Waals surface area contributed by atoms with Gasteiger partial charge in [0, 0.05) is 0 Å². The van der Waals surface area contributed by atoms with Crippen molar-refractivity contribution in [3.8, 4) is 0 Å². The van der Waals surface area contributed by atoms with Crippen molar-refractivity contribution in [3.63, 3.8) is 0 Å². The number of carbonyl (C=O) groups is 2. The highest BCUT2D eigenvalue weighted by molar-refractivity contribution is 6.37. The van der Waals surface area contributed by atoms with Gasteiger partial charge in [0.1, 0.15) is 0 Å². The third-order valence-corrected chi connectivity index (χ3v) is 3.86. The summed E-state index contributed by atoms with van der Waals surface area (Å²) < 4.78 is 0. The van der Waals surface area contributed by atoms with Crippen molar-refractivity contribution >= 4 is 17.4 Å². The first-order valence-electron chi connectivity index (χ1n) is 7.12. The second-order valence-corrected chi connectivity index (χ2v) is 5.23. The number of hydrogen-bond donors (Lipinski definition) is 1. The van der Waals surface area contributed by atoms with Crippen LogP contribution in [0.2, 0.25) is 0 Å². The van der Waals surface area contributed by atoms with Crippen LogP contribution in [0.3, 0.4) is 0 Å². The number of amides is 2. The van der Waals surface area contributed by atoms with Crippen LogP contribution in [0.25, 0.3) is 5.57 Å². The molecule has 1 heterocycles. The normalized spacial score (nSPS) is 19.7. The Morgan fingerprint density at radius 1 is 0.850 bits per heavy atom. The van der Waals surface area contributed by atoms with Crippen LogP contribution < -0.4 is 5.32 Å². The molecule has 0 fully saturated rings. The van der Waals surface area contributed by atoms with Gasteiger partial charge in [-0.1, -0.05) is 42.8 Å². The Balaban J connectivity index is 2.11. The summed E-state index contributed by atoms with van der Waals surface area (Å²) in [6.45, 7) is 0. The van der Waals surface area contributed by atoms with Gasteiger partial charge < -0.3 is 0 Å². The van der Waals surface area contributed by atoms with Gasteiger partial charge in [0.05, 0.1) is 11.1 Å². The minimum atomic E-state index is -0.277. The average Bonchev–Trinajstić information content (AvgIpc) is 2.66. The lowest BCUT2D eigenvalue weighted by Crippen LogP contribution is -2.23. The van der Waals surface area contributed by atoms with Gasteiger partial charge in [0.2, 0.25) is 0 Å². The number of hydrogen-bond acceptors (Lipinski definition) is 2. The van der Waals surface area contributed by atoms with Crippen molar-refractivity contribution in [1.82, 2.24) is 5.32 Å². The summed E-state index contributed by atoms with van der Waals surface area (Å²) in [5.74, 6) is -0.525. The van der Waals surface area contributed by atoms with E-state index in [0.717, 1.165) is 36.8 Å². The maximum Gasteiger partial charge on any atom is 0.259 e. The van der Waals surface area contributed by atoms with Crippen LogP contribution in [0.4, 0.5) is 0 Å². The van der Waals surface area contributed by atoms with Crippen molar-refractivity contribution < 1.29 is 9.59 Å². The highest BCUT2D eigenvalue weighted by atomic mass is 16.2. The average molecular weight is 267 g/mol. The fourth-order valence-electron chi connectivity index (χ4n) is 2.88. The number of allylic oxidation sites excluding steroid dienone is 1. The predicted molar refractivity (Wildman–Crippen MR) is 77.7 cm³/mol. The van der Waals surface area contributed by atoms with E-state index in [1.807, 2.05) is 30.3 Å². The van der Waals surface area contributed by atoms with Crippen LogP contribution >= 0.6 is 0 Å². The highest BCUT2D eigenvalue weighted by Crippen LogP contribution is 2.32. The summed E-state index contributed by atoms with van der Waals surface area (Å²) in [5.41, 5.74) is 2.97.